The van der Waals surface area contributed by atoms with Gasteiger partial charge in [0.25, 0.3) is 0 Å². The molecule has 0 saturated carbocycles. The molecule has 0 spiro atoms. The van der Waals surface area contributed by atoms with Gasteiger partial charge >= 0.3 is 5.69 Å². The van der Waals surface area contributed by atoms with Crippen molar-refractivity contribution in [2.45, 2.75) is 13.0 Å². The zero-order chi connectivity index (χ0) is 15.6. The van der Waals surface area contributed by atoms with E-state index in [1.807, 2.05) is 24.3 Å². The zero-order valence-corrected chi connectivity index (χ0v) is 12.3. The standard InChI is InChI=1S/C16H15N3O4/c20-16-18-7-2-1-4-15(18)17-19(16)8-3-9-21-12-5-6-13-14(10-12)23-11-22-13/h1-2,4-7,10H,3,8-9,11H2. The summed E-state index contributed by atoms with van der Waals surface area (Å²) in [5, 5.41) is 4.28. The van der Waals surface area contributed by atoms with Crippen molar-refractivity contribution in [3.8, 4) is 17.2 Å². The van der Waals surface area contributed by atoms with Gasteiger partial charge in [0.2, 0.25) is 6.79 Å². The molecule has 0 N–H and O–H groups in total. The third kappa shape index (κ3) is 2.61. The van der Waals surface area contributed by atoms with Crippen LogP contribution in [0.1, 0.15) is 6.42 Å². The summed E-state index contributed by atoms with van der Waals surface area (Å²) >= 11 is 0. The van der Waals surface area contributed by atoms with E-state index in [9.17, 15) is 4.79 Å². The number of pyridine rings is 1. The van der Waals surface area contributed by atoms with E-state index in [1.165, 1.54) is 9.08 Å². The Morgan fingerprint density at radius 1 is 1.17 bits per heavy atom. The number of fused-ring (bicyclic) bond motifs is 2. The molecular weight excluding hydrogens is 298 g/mol. The molecule has 1 aliphatic heterocycles. The first-order valence-electron chi connectivity index (χ1n) is 7.38. The van der Waals surface area contributed by atoms with E-state index >= 15 is 0 Å². The quantitative estimate of drug-likeness (QED) is 0.671. The maximum atomic E-state index is 12.1. The molecule has 3 aromatic rings. The third-order valence-corrected chi connectivity index (χ3v) is 3.62. The van der Waals surface area contributed by atoms with Gasteiger partial charge in [-0.05, 0) is 24.3 Å². The van der Waals surface area contributed by atoms with E-state index in [-0.39, 0.29) is 12.5 Å². The van der Waals surface area contributed by atoms with Gasteiger partial charge in [0, 0.05) is 25.2 Å². The Bertz CT molecular complexity index is 900. The van der Waals surface area contributed by atoms with Gasteiger partial charge in [0.05, 0.1) is 6.61 Å². The molecule has 0 saturated heterocycles. The van der Waals surface area contributed by atoms with Crippen LogP contribution in [-0.2, 0) is 6.54 Å². The SMILES string of the molecule is O=c1n(CCCOc2ccc3c(c2)OCO3)nc2ccccn12. The summed E-state index contributed by atoms with van der Waals surface area (Å²) in [5.41, 5.74) is 0.512. The van der Waals surface area contributed by atoms with Crippen LogP contribution in [0.15, 0.2) is 47.4 Å². The number of aromatic nitrogens is 3. The van der Waals surface area contributed by atoms with Gasteiger partial charge in [-0.3, -0.25) is 4.40 Å². The molecule has 7 heteroatoms. The van der Waals surface area contributed by atoms with Crippen molar-refractivity contribution in [3.63, 3.8) is 0 Å². The molecule has 0 aliphatic carbocycles. The summed E-state index contributed by atoms with van der Waals surface area (Å²) in [6.45, 7) is 1.24. The topological polar surface area (TPSA) is 67.0 Å². The lowest BCUT2D eigenvalue weighted by molar-refractivity contribution is 0.173. The van der Waals surface area contributed by atoms with Crippen molar-refractivity contribution >= 4 is 5.65 Å². The van der Waals surface area contributed by atoms with E-state index < -0.39 is 0 Å². The molecular formula is C16H15N3O4. The first-order chi connectivity index (χ1) is 11.3. The number of nitrogens with zero attached hydrogens (tertiary/aromatic N) is 3. The lowest BCUT2D eigenvalue weighted by Crippen LogP contribution is -2.22. The van der Waals surface area contributed by atoms with E-state index in [4.69, 9.17) is 14.2 Å². The lowest BCUT2D eigenvalue weighted by atomic mass is 10.3. The van der Waals surface area contributed by atoms with Crippen LogP contribution in [0.4, 0.5) is 0 Å². The fourth-order valence-corrected chi connectivity index (χ4v) is 2.48. The number of aryl methyl sites for hydroxylation is 1. The molecule has 0 bridgehead atoms. The summed E-state index contributed by atoms with van der Waals surface area (Å²) in [7, 11) is 0. The molecule has 0 unspecified atom stereocenters. The van der Waals surface area contributed by atoms with Crippen LogP contribution in [0.2, 0.25) is 0 Å². The summed E-state index contributed by atoms with van der Waals surface area (Å²) in [6, 6.07) is 10.9. The summed E-state index contributed by atoms with van der Waals surface area (Å²) in [4.78, 5) is 12.1. The van der Waals surface area contributed by atoms with Crippen molar-refractivity contribution in [2.24, 2.45) is 0 Å². The van der Waals surface area contributed by atoms with Crippen LogP contribution >= 0.6 is 0 Å². The van der Waals surface area contributed by atoms with Gasteiger partial charge in [-0.15, -0.1) is 5.10 Å². The van der Waals surface area contributed by atoms with Gasteiger partial charge in [0.15, 0.2) is 17.1 Å². The molecule has 0 radical (unpaired) electrons. The van der Waals surface area contributed by atoms with Gasteiger partial charge in [-0.1, -0.05) is 6.07 Å². The normalized spacial score (nSPS) is 12.7. The average Bonchev–Trinajstić information content (AvgIpc) is 3.16. The number of benzene rings is 1. The molecule has 1 aliphatic rings. The number of rotatable bonds is 5. The number of hydrogen-bond donors (Lipinski definition) is 0. The molecule has 3 heterocycles. The Kier molecular flexibility index (Phi) is 3.38. The van der Waals surface area contributed by atoms with E-state index in [1.54, 1.807) is 18.3 Å². The Morgan fingerprint density at radius 3 is 3.00 bits per heavy atom. The lowest BCUT2D eigenvalue weighted by Gasteiger charge is -2.06. The Morgan fingerprint density at radius 2 is 2.09 bits per heavy atom. The fourth-order valence-electron chi connectivity index (χ4n) is 2.48. The van der Waals surface area contributed by atoms with E-state index in [0.29, 0.717) is 31.0 Å². The zero-order valence-electron chi connectivity index (χ0n) is 12.3. The van der Waals surface area contributed by atoms with Crippen LogP contribution in [-0.4, -0.2) is 27.6 Å². The summed E-state index contributed by atoms with van der Waals surface area (Å²) < 4.78 is 19.2. The van der Waals surface area contributed by atoms with Gasteiger partial charge in [-0.25, -0.2) is 9.48 Å². The molecule has 7 nitrogen and oxygen atoms in total. The highest BCUT2D eigenvalue weighted by molar-refractivity contribution is 5.46. The minimum absolute atomic E-state index is 0.135. The van der Waals surface area contributed by atoms with Crippen molar-refractivity contribution in [1.82, 2.24) is 14.2 Å². The van der Waals surface area contributed by atoms with E-state index in [2.05, 4.69) is 5.10 Å². The fraction of sp³-hybridized carbons (Fsp3) is 0.250. The minimum atomic E-state index is -0.135. The average molecular weight is 313 g/mol. The summed E-state index contributed by atoms with van der Waals surface area (Å²) in [6.07, 6.45) is 2.39. The van der Waals surface area contributed by atoms with Crippen molar-refractivity contribution in [1.29, 1.82) is 0 Å². The van der Waals surface area contributed by atoms with Crippen molar-refractivity contribution < 1.29 is 14.2 Å². The predicted molar refractivity (Wildman–Crippen MR) is 82.1 cm³/mol. The second-order valence-electron chi connectivity index (χ2n) is 5.15. The van der Waals surface area contributed by atoms with Crippen LogP contribution in [0.5, 0.6) is 17.2 Å². The maximum absolute atomic E-state index is 12.1. The highest BCUT2D eigenvalue weighted by Gasteiger charge is 2.13. The minimum Gasteiger partial charge on any atom is -0.493 e. The first kappa shape index (κ1) is 13.7. The Labute approximate surface area is 131 Å². The van der Waals surface area contributed by atoms with Crippen LogP contribution in [0.3, 0.4) is 0 Å². The van der Waals surface area contributed by atoms with E-state index in [0.717, 1.165) is 11.5 Å². The molecule has 0 amide bonds. The Balaban J connectivity index is 1.36. The highest BCUT2D eigenvalue weighted by Crippen LogP contribution is 2.35. The molecule has 0 atom stereocenters. The number of ether oxygens (including phenoxy) is 3. The van der Waals surface area contributed by atoms with Crippen molar-refractivity contribution in [3.05, 3.63) is 53.1 Å². The van der Waals surface area contributed by atoms with Gasteiger partial charge < -0.3 is 14.2 Å². The monoisotopic (exact) mass is 313 g/mol. The first-order valence-corrected chi connectivity index (χ1v) is 7.38. The molecule has 23 heavy (non-hydrogen) atoms. The highest BCUT2D eigenvalue weighted by atomic mass is 16.7. The number of hydrogen-bond acceptors (Lipinski definition) is 5. The van der Waals surface area contributed by atoms with Crippen LogP contribution in [0.25, 0.3) is 5.65 Å². The van der Waals surface area contributed by atoms with Crippen LogP contribution < -0.4 is 19.9 Å². The predicted octanol–water partition coefficient (Wildman–Crippen LogP) is 1.69. The molecule has 1 aromatic carbocycles. The second kappa shape index (κ2) is 5.68. The molecule has 2 aromatic heterocycles. The molecule has 4 rings (SSSR count). The molecule has 118 valence electrons. The summed E-state index contributed by atoms with van der Waals surface area (Å²) in [5.74, 6) is 2.14. The van der Waals surface area contributed by atoms with Crippen molar-refractivity contribution in [2.75, 3.05) is 13.4 Å². The third-order valence-electron chi connectivity index (χ3n) is 3.62. The smallest absolute Gasteiger partial charge is 0.350 e. The largest absolute Gasteiger partial charge is 0.493 e. The van der Waals surface area contributed by atoms with Crippen LogP contribution in [0, 0.1) is 0 Å². The van der Waals surface area contributed by atoms with Gasteiger partial charge in [-0.2, -0.15) is 0 Å². The second-order valence-corrected chi connectivity index (χ2v) is 5.15. The Hall–Kier alpha value is -2.96. The van der Waals surface area contributed by atoms with Gasteiger partial charge in [0.1, 0.15) is 5.75 Å². The maximum Gasteiger partial charge on any atom is 0.350 e. The molecule has 0 fully saturated rings.